The predicted molar refractivity (Wildman–Crippen MR) is 73.7 cm³/mol. The summed E-state index contributed by atoms with van der Waals surface area (Å²) in [6, 6.07) is 6.43. The van der Waals surface area contributed by atoms with Crippen LogP contribution in [-0.2, 0) is 13.0 Å². The molecule has 20 heavy (non-hydrogen) atoms. The van der Waals surface area contributed by atoms with E-state index in [2.05, 4.69) is 20.6 Å². The van der Waals surface area contributed by atoms with Crippen molar-refractivity contribution in [2.45, 2.75) is 13.0 Å². The molecule has 6 heteroatoms. The van der Waals surface area contributed by atoms with E-state index in [1.807, 2.05) is 0 Å². The first-order valence-electron chi connectivity index (χ1n) is 6.44. The van der Waals surface area contributed by atoms with Gasteiger partial charge in [-0.05, 0) is 12.1 Å². The Bertz CT molecular complexity index is 615. The van der Waals surface area contributed by atoms with Gasteiger partial charge in [-0.1, -0.05) is 12.1 Å². The quantitative estimate of drug-likeness (QED) is 0.896. The summed E-state index contributed by atoms with van der Waals surface area (Å²) < 4.78 is 18.9. The fourth-order valence-corrected chi connectivity index (χ4v) is 2.22. The zero-order valence-electron chi connectivity index (χ0n) is 11.1. The van der Waals surface area contributed by atoms with Gasteiger partial charge >= 0.3 is 0 Å². The number of nitrogens with one attached hydrogen (secondary N) is 2. The molecule has 2 heterocycles. The van der Waals surface area contributed by atoms with Gasteiger partial charge < -0.3 is 15.4 Å². The highest BCUT2D eigenvalue weighted by atomic mass is 19.1. The van der Waals surface area contributed by atoms with Gasteiger partial charge in [-0.25, -0.2) is 9.37 Å². The molecule has 1 aromatic heterocycles. The molecule has 0 amide bonds. The average molecular weight is 274 g/mol. The third kappa shape index (κ3) is 2.42. The lowest BCUT2D eigenvalue weighted by molar-refractivity contribution is 0.386. The van der Waals surface area contributed by atoms with E-state index in [0.717, 1.165) is 24.2 Å². The van der Waals surface area contributed by atoms with E-state index >= 15 is 0 Å². The second-order valence-corrected chi connectivity index (χ2v) is 4.51. The molecule has 0 atom stereocenters. The third-order valence-corrected chi connectivity index (χ3v) is 3.21. The van der Waals surface area contributed by atoms with E-state index in [-0.39, 0.29) is 5.82 Å². The molecule has 104 valence electrons. The smallest absolute Gasteiger partial charge is 0.230 e. The van der Waals surface area contributed by atoms with Crippen molar-refractivity contribution in [3.8, 4) is 5.88 Å². The number of hydrogen-bond acceptors (Lipinski definition) is 5. The molecule has 1 aliphatic heterocycles. The highest BCUT2D eigenvalue weighted by Gasteiger charge is 2.18. The Labute approximate surface area is 116 Å². The van der Waals surface area contributed by atoms with Crippen LogP contribution < -0.4 is 15.4 Å². The minimum atomic E-state index is -0.338. The molecular formula is C14H15FN4O. The molecular weight excluding hydrogens is 259 g/mol. The fourth-order valence-electron chi connectivity index (χ4n) is 2.22. The van der Waals surface area contributed by atoms with E-state index in [1.165, 1.54) is 6.07 Å². The lowest BCUT2D eigenvalue weighted by Gasteiger charge is -2.19. The van der Waals surface area contributed by atoms with Gasteiger partial charge in [0, 0.05) is 25.1 Å². The van der Waals surface area contributed by atoms with Crippen LogP contribution in [-0.4, -0.2) is 23.6 Å². The molecule has 2 aromatic rings. The van der Waals surface area contributed by atoms with Crippen molar-refractivity contribution in [1.29, 1.82) is 0 Å². The van der Waals surface area contributed by atoms with Crippen LogP contribution in [0.2, 0.25) is 0 Å². The molecule has 5 nitrogen and oxygen atoms in total. The number of nitrogens with zero attached hydrogens (tertiary/aromatic N) is 2. The molecule has 0 aliphatic carbocycles. The van der Waals surface area contributed by atoms with Crippen LogP contribution >= 0.6 is 0 Å². The van der Waals surface area contributed by atoms with Crippen LogP contribution in [0.5, 0.6) is 5.88 Å². The van der Waals surface area contributed by atoms with Crippen molar-refractivity contribution < 1.29 is 9.13 Å². The molecule has 1 aromatic carbocycles. The summed E-state index contributed by atoms with van der Waals surface area (Å²) in [5.41, 5.74) is 2.26. The molecule has 3 rings (SSSR count). The number of ether oxygens (including phenoxy) is 1. The summed E-state index contributed by atoms with van der Waals surface area (Å²) in [6.07, 6.45) is 0.806. The largest absolute Gasteiger partial charge is 0.481 e. The Kier molecular flexibility index (Phi) is 3.47. The number of methoxy groups -OCH3 is 1. The summed E-state index contributed by atoms with van der Waals surface area (Å²) in [4.78, 5) is 8.74. The summed E-state index contributed by atoms with van der Waals surface area (Å²) in [5, 5.41) is 6.15. The molecule has 0 saturated heterocycles. The zero-order valence-corrected chi connectivity index (χ0v) is 11.1. The van der Waals surface area contributed by atoms with Gasteiger partial charge in [-0.3, -0.25) is 0 Å². The van der Waals surface area contributed by atoms with Crippen molar-refractivity contribution in [2.75, 3.05) is 19.0 Å². The maximum absolute atomic E-state index is 13.6. The minimum absolute atomic E-state index is 0.338. The monoisotopic (exact) mass is 274 g/mol. The Hall–Kier alpha value is -2.21. The number of anilines is 2. The second-order valence-electron chi connectivity index (χ2n) is 4.51. The Balaban J connectivity index is 1.96. The summed E-state index contributed by atoms with van der Waals surface area (Å²) in [5.74, 6) is 0.545. The van der Waals surface area contributed by atoms with Gasteiger partial charge in [0.25, 0.3) is 0 Å². The lowest BCUT2D eigenvalue weighted by atomic mass is 10.1. The molecule has 0 fully saturated rings. The van der Waals surface area contributed by atoms with E-state index in [1.54, 1.807) is 25.3 Å². The number of hydrogen-bond donors (Lipinski definition) is 2. The number of halogens is 1. The maximum atomic E-state index is 13.6. The molecule has 2 N–H and O–H groups in total. The SMILES string of the molecule is COc1nc(Nc2ccccc2F)nc2c1CNCC2. The van der Waals surface area contributed by atoms with E-state index in [4.69, 9.17) is 4.74 Å². The van der Waals surface area contributed by atoms with Crippen LogP contribution in [0.3, 0.4) is 0 Å². The van der Waals surface area contributed by atoms with Gasteiger partial charge in [-0.2, -0.15) is 4.98 Å². The summed E-state index contributed by atoms with van der Waals surface area (Å²) in [6.45, 7) is 1.56. The number of para-hydroxylation sites is 1. The minimum Gasteiger partial charge on any atom is -0.481 e. The van der Waals surface area contributed by atoms with Gasteiger partial charge in [0.15, 0.2) is 0 Å². The summed E-state index contributed by atoms with van der Waals surface area (Å²) in [7, 11) is 1.57. The van der Waals surface area contributed by atoms with Crippen molar-refractivity contribution in [1.82, 2.24) is 15.3 Å². The first-order valence-corrected chi connectivity index (χ1v) is 6.44. The number of benzene rings is 1. The van der Waals surface area contributed by atoms with Crippen LogP contribution in [0.25, 0.3) is 0 Å². The number of aromatic nitrogens is 2. The highest BCUT2D eigenvalue weighted by Crippen LogP contribution is 2.25. The van der Waals surface area contributed by atoms with Crippen LogP contribution in [0.1, 0.15) is 11.3 Å². The molecule has 0 spiro atoms. The van der Waals surface area contributed by atoms with E-state index < -0.39 is 0 Å². The van der Waals surface area contributed by atoms with Crippen molar-refractivity contribution >= 4 is 11.6 Å². The van der Waals surface area contributed by atoms with Gasteiger partial charge in [-0.15, -0.1) is 0 Å². The van der Waals surface area contributed by atoms with E-state index in [0.29, 0.717) is 24.1 Å². The van der Waals surface area contributed by atoms with Gasteiger partial charge in [0.2, 0.25) is 11.8 Å². The van der Waals surface area contributed by atoms with Crippen molar-refractivity contribution in [2.24, 2.45) is 0 Å². The predicted octanol–water partition coefficient (Wildman–Crippen LogP) is 2.01. The fraction of sp³-hybridized carbons (Fsp3) is 0.286. The van der Waals surface area contributed by atoms with Crippen LogP contribution in [0.4, 0.5) is 16.0 Å². The second kappa shape index (κ2) is 5.42. The van der Waals surface area contributed by atoms with Gasteiger partial charge in [0.05, 0.1) is 18.5 Å². The zero-order chi connectivity index (χ0) is 13.9. The van der Waals surface area contributed by atoms with Crippen LogP contribution in [0.15, 0.2) is 24.3 Å². The standard InChI is InChI=1S/C14H15FN4O/c1-20-13-9-8-16-7-6-11(9)17-14(19-13)18-12-5-3-2-4-10(12)15/h2-5,16H,6-8H2,1H3,(H,17,18,19). The first kappa shape index (κ1) is 12.8. The number of rotatable bonds is 3. The third-order valence-electron chi connectivity index (χ3n) is 3.21. The van der Waals surface area contributed by atoms with Crippen molar-refractivity contribution in [3.05, 3.63) is 41.3 Å². The summed E-state index contributed by atoms with van der Waals surface area (Å²) >= 11 is 0. The molecule has 0 radical (unpaired) electrons. The number of fused-ring (bicyclic) bond motifs is 1. The molecule has 0 unspecified atom stereocenters. The normalized spacial score (nSPS) is 13.7. The average Bonchev–Trinajstić information content (AvgIpc) is 2.49. The Morgan fingerprint density at radius 3 is 2.95 bits per heavy atom. The maximum Gasteiger partial charge on any atom is 0.230 e. The molecule has 0 bridgehead atoms. The molecule has 1 aliphatic rings. The first-order chi connectivity index (χ1) is 9.78. The van der Waals surface area contributed by atoms with Gasteiger partial charge in [0.1, 0.15) is 5.82 Å². The lowest BCUT2D eigenvalue weighted by Crippen LogP contribution is -2.26. The Morgan fingerprint density at radius 2 is 2.15 bits per heavy atom. The Morgan fingerprint density at radius 1 is 1.30 bits per heavy atom. The topological polar surface area (TPSA) is 59.1 Å². The van der Waals surface area contributed by atoms with Crippen LogP contribution in [0, 0.1) is 5.82 Å². The van der Waals surface area contributed by atoms with Crippen molar-refractivity contribution in [3.63, 3.8) is 0 Å². The van der Waals surface area contributed by atoms with E-state index in [9.17, 15) is 4.39 Å². The molecule has 0 saturated carbocycles. The highest BCUT2D eigenvalue weighted by molar-refractivity contribution is 5.55.